The SMILES string of the molecule is COc1cc2c(cc1OC(C)C)C1C(c3cccs3)C=C(C(=O)N(C)C3CC4CN(C(C)=O)C[C@H]4C3)N1CC2. The van der Waals surface area contributed by atoms with E-state index in [0.717, 1.165) is 56.1 Å². The second-order valence-electron chi connectivity index (χ2n) is 11.8. The van der Waals surface area contributed by atoms with Gasteiger partial charge in [0.15, 0.2) is 11.5 Å². The summed E-state index contributed by atoms with van der Waals surface area (Å²) < 4.78 is 11.8. The number of rotatable bonds is 6. The van der Waals surface area contributed by atoms with Gasteiger partial charge in [0, 0.05) is 50.4 Å². The summed E-state index contributed by atoms with van der Waals surface area (Å²) in [6.07, 6.45) is 5.04. The molecule has 4 unspecified atom stereocenters. The van der Waals surface area contributed by atoms with E-state index in [1.807, 2.05) is 30.7 Å². The number of amides is 2. The summed E-state index contributed by atoms with van der Waals surface area (Å²) in [6, 6.07) is 8.82. The molecule has 0 N–H and O–H groups in total. The van der Waals surface area contributed by atoms with Gasteiger partial charge in [-0.3, -0.25) is 9.59 Å². The highest BCUT2D eigenvalue weighted by molar-refractivity contribution is 7.10. The minimum atomic E-state index is 0.0330. The number of fused-ring (bicyclic) bond motifs is 4. The first-order valence-corrected chi connectivity index (χ1v) is 15.0. The molecule has 4 heterocycles. The number of carbonyl (C=O) groups is 2. The summed E-state index contributed by atoms with van der Waals surface area (Å²) in [4.78, 5) is 33.6. The molecule has 1 aliphatic carbocycles. The minimum absolute atomic E-state index is 0.0330. The Balaban J connectivity index is 1.29. The van der Waals surface area contributed by atoms with E-state index in [-0.39, 0.29) is 35.9 Å². The number of hydrogen-bond acceptors (Lipinski definition) is 6. The van der Waals surface area contributed by atoms with Gasteiger partial charge in [-0.2, -0.15) is 0 Å². The fourth-order valence-electron chi connectivity index (χ4n) is 7.28. The molecule has 5 atom stereocenters. The van der Waals surface area contributed by atoms with Crippen molar-refractivity contribution in [3.05, 3.63) is 57.4 Å². The number of nitrogens with zero attached hydrogens (tertiary/aromatic N) is 3. The van der Waals surface area contributed by atoms with Crippen LogP contribution in [-0.4, -0.2) is 72.5 Å². The van der Waals surface area contributed by atoms with Crippen molar-refractivity contribution in [1.29, 1.82) is 0 Å². The first-order chi connectivity index (χ1) is 18.7. The van der Waals surface area contributed by atoms with Gasteiger partial charge in [-0.05, 0) is 85.7 Å². The average molecular weight is 550 g/mol. The maximum absolute atomic E-state index is 14.1. The van der Waals surface area contributed by atoms with Crippen LogP contribution in [0.1, 0.15) is 61.6 Å². The number of benzene rings is 1. The van der Waals surface area contributed by atoms with Gasteiger partial charge in [0.1, 0.15) is 0 Å². The number of likely N-dealkylation sites (N-methyl/N-ethyl adjacent to an activating group) is 1. The van der Waals surface area contributed by atoms with Gasteiger partial charge < -0.3 is 24.2 Å². The zero-order chi connectivity index (χ0) is 27.4. The van der Waals surface area contributed by atoms with Crippen molar-refractivity contribution in [3.8, 4) is 11.5 Å². The molecule has 2 amide bonds. The van der Waals surface area contributed by atoms with Gasteiger partial charge in [-0.1, -0.05) is 6.07 Å². The Morgan fingerprint density at radius 1 is 1.13 bits per heavy atom. The molecule has 1 aromatic heterocycles. The highest BCUT2D eigenvalue weighted by Crippen LogP contribution is 2.51. The molecule has 8 heteroatoms. The van der Waals surface area contributed by atoms with E-state index >= 15 is 0 Å². The van der Waals surface area contributed by atoms with Crippen LogP contribution < -0.4 is 9.47 Å². The van der Waals surface area contributed by atoms with Crippen LogP contribution in [0.3, 0.4) is 0 Å². The largest absolute Gasteiger partial charge is 0.493 e. The summed E-state index contributed by atoms with van der Waals surface area (Å²) in [7, 11) is 3.67. The van der Waals surface area contributed by atoms with E-state index in [4.69, 9.17) is 9.47 Å². The van der Waals surface area contributed by atoms with Crippen molar-refractivity contribution < 1.29 is 19.1 Å². The van der Waals surface area contributed by atoms with E-state index in [0.29, 0.717) is 11.8 Å². The molecule has 208 valence electrons. The number of thiophene rings is 1. The number of likely N-dealkylation sites (tertiary alicyclic amines) is 1. The number of carbonyl (C=O) groups excluding carboxylic acids is 2. The Hall–Kier alpha value is -3.00. The first-order valence-electron chi connectivity index (χ1n) is 14.2. The van der Waals surface area contributed by atoms with Crippen molar-refractivity contribution in [1.82, 2.24) is 14.7 Å². The molecule has 39 heavy (non-hydrogen) atoms. The lowest BCUT2D eigenvalue weighted by atomic mass is 9.86. The molecule has 2 fully saturated rings. The van der Waals surface area contributed by atoms with Crippen LogP contribution in [0.2, 0.25) is 0 Å². The van der Waals surface area contributed by atoms with Crippen LogP contribution in [-0.2, 0) is 16.0 Å². The van der Waals surface area contributed by atoms with E-state index < -0.39 is 0 Å². The van der Waals surface area contributed by atoms with Crippen molar-refractivity contribution in [2.24, 2.45) is 11.8 Å². The second kappa shape index (κ2) is 10.2. The molecule has 2 aromatic rings. The molecular weight excluding hydrogens is 510 g/mol. The van der Waals surface area contributed by atoms with E-state index in [1.165, 1.54) is 16.0 Å². The van der Waals surface area contributed by atoms with Crippen LogP contribution in [0.4, 0.5) is 0 Å². The monoisotopic (exact) mass is 549 g/mol. The number of methoxy groups -OCH3 is 1. The molecule has 1 aromatic carbocycles. The van der Waals surface area contributed by atoms with Gasteiger partial charge in [-0.15, -0.1) is 11.3 Å². The first kappa shape index (κ1) is 26.2. The third-order valence-electron chi connectivity index (χ3n) is 9.18. The van der Waals surface area contributed by atoms with Crippen LogP contribution in [0, 0.1) is 11.8 Å². The zero-order valence-electron chi connectivity index (χ0n) is 23.6. The Labute approximate surface area is 235 Å². The average Bonchev–Trinajstić information content (AvgIpc) is 3.69. The van der Waals surface area contributed by atoms with Gasteiger partial charge in [0.25, 0.3) is 5.91 Å². The van der Waals surface area contributed by atoms with E-state index in [2.05, 4.69) is 40.6 Å². The predicted molar refractivity (Wildman–Crippen MR) is 152 cm³/mol. The smallest absolute Gasteiger partial charge is 0.269 e. The molecule has 0 radical (unpaired) electrons. The molecule has 3 aliphatic heterocycles. The maximum atomic E-state index is 14.1. The van der Waals surface area contributed by atoms with Crippen LogP contribution in [0.15, 0.2) is 41.4 Å². The van der Waals surface area contributed by atoms with Crippen molar-refractivity contribution in [2.45, 2.75) is 64.1 Å². The Kier molecular flexibility index (Phi) is 6.86. The van der Waals surface area contributed by atoms with Gasteiger partial charge >= 0.3 is 0 Å². The minimum Gasteiger partial charge on any atom is -0.493 e. The van der Waals surface area contributed by atoms with Crippen molar-refractivity contribution >= 4 is 23.2 Å². The Morgan fingerprint density at radius 3 is 2.49 bits per heavy atom. The van der Waals surface area contributed by atoms with Gasteiger partial charge in [0.05, 0.1) is 25.0 Å². The molecule has 4 aliphatic rings. The lowest BCUT2D eigenvalue weighted by molar-refractivity contribution is -0.131. The quantitative estimate of drug-likeness (QED) is 0.516. The van der Waals surface area contributed by atoms with E-state index in [9.17, 15) is 9.59 Å². The van der Waals surface area contributed by atoms with E-state index in [1.54, 1.807) is 25.4 Å². The third-order valence-corrected chi connectivity index (χ3v) is 10.2. The summed E-state index contributed by atoms with van der Waals surface area (Å²) in [6.45, 7) is 8.16. The van der Waals surface area contributed by atoms with Crippen molar-refractivity contribution in [3.63, 3.8) is 0 Å². The lowest BCUT2D eigenvalue weighted by Crippen LogP contribution is -2.43. The standard InChI is InChI=1S/C31H39N3O4S/c1-18(2)38-28-15-24-20(13-27(28)37-5)8-9-34-26(14-25(30(24)34)29-7-6-10-39-29)31(36)32(4)23-11-21-16-33(19(3)35)17-22(21)12-23/h6-7,10,13-15,18,21-23,25,30H,8-9,11-12,16-17H2,1-5H3/t21-,22?,23?,25?,30?/m1/s1. The van der Waals surface area contributed by atoms with Crippen LogP contribution in [0.5, 0.6) is 11.5 Å². The summed E-state index contributed by atoms with van der Waals surface area (Å²) >= 11 is 1.75. The molecule has 1 saturated carbocycles. The second-order valence-corrected chi connectivity index (χ2v) is 12.8. The number of hydrogen-bond donors (Lipinski definition) is 0. The summed E-state index contributed by atoms with van der Waals surface area (Å²) in [5.41, 5.74) is 3.30. The third kappa shape index (κ3) is 4.60. The zero-order valence-corrected chi connectivity index (χ0v) is 24.4. The normalized spacial score (nSPS) is 27.2. The lowest BCUT2D eigenvalue weighted by Gasteiger charge is -2.39. The molecule has 7 nitrogen and oxygen atoms in total. The van der Waals surface area contributed by atoms with Crippen LogP contribution >= 0.6 is 11.3 Å². The Morgan fingerprint density at radius 2 is 1.87 bits per heavy atom. The predicted octanol–water partition coefficient (Wildman–Crippen LogP) is 4.84. The highest BCUT2D eigenvalue weighted by atomic mass is 32.1. The molecule has 1 saturated heterocycles. The fourth-order valence-corrected chi connectivity index (χ4v) is 8.10. The molecular formula is C31H39N3O4S. The summed E-state index contributed by atoms with van der Waals surface area (Å²) in [5.74, 6) is 2.89. The topological polar surface area (TPSA) is 62.3 Å². The Bertz CT molecular complexity index is 1270. The molecule has 0 bridgehead atoms. The molecule has 6 rings (SSSR count). The highest BCUT2D eigenvalue weighted by Gasteiger charge is 2.47. The van der Waals surface area contributed by atoms with Crippen molar-refractivity contribution in [2.75, 3.05) is 33.8 Å². The maximum Gasteiger partial charge on any atom is 0.269 e. The van der Waals surface area contributed by atoms with Gasteiger partial charge in [-0.25, -0.2) is 0 Å². The number of ether oxygens (including phenoxy) is 2. The summed E-state index contributed by atoms with van der Waals surface area (Å²) in [5, 5.41) is 2.12. The fraction of sp³-hybridized carbons (Fsp3) is 0.548. The van der Waals surface area contributed by atoms with Gasteiger partial charge in [0.2, 0.25) is 5.91 Å². The van der Waals surface area contributed by atoms with Crippen LogP contribution in [0.25, 0.3) is 0 Å². The molecule has 0 spiro atoms.